The number of hydrogen-bond donors (Lipinski definition) is 1. The second-order valence-electron chi connectivity index (χ2n) is 5.29. The molecule has 0 amide bonds. The second-order valence-corrected chi connectivity index (χ2v) is 7.17. The third-order valence-corrected chi connectivity index (χ3v) is 4.35. The van der Waals surface area contributed by atoms with Crippen LogP contribution < -0.4 is 5.32 Å². The predicted molar refractivity (Wildman–Crippen MR) is 82.7 cm³/mol. The first-order valence-electron chi connectivity index (χ1n) is 7.03. The Morgan fingerprint density at radius 2 is 2.00 bits per heavy atom. The fraction of sp³-hybridized carbons (Fsp3) is 0.714. The van der Waals surface area contributed by atoms with E-state index in [1.807, 2.05) is 13.0 Å². The third kappa shape index (κ3) is 4.35. The number of anilines is 1. The quantitative estimate of drug-likeness (QED) is 0.918. The molecule has 1 saturated heterocycles. The van der Waals surface area contributed by atoms with E-state index in [0.29, 0.717) is 10.5 Å². The van der Waals surface area contributed by atoms with Crippen molar-refractivity contribution in [2.24, 2.45) is 0 Å². The molecule has 2 unspecified atom stereocenters. The first kappa shape index (κ1) is 14.6. The molecule has 2 atom stereocenters. The standard InChI is InChI=1S/C14H24N4S/c1-5-15-13-6-10(2)16-14(17-13)9-18-7-11(3)19-12(4)8-18/h6,11-12H,5,7-9H2,1-4H3,(H,15,16,17). The van der Waals surface area contributed by atoms with Gasteiger partial charge in [-0.1, -0.05) is 13.8 Å². The number of hydrogen-bond acceptors (Lipinski definition) is 5. The number of aromatic nitrogens is 2. The Labute approximate surface area is 120 Å². The predicted octanol–water partition coefficient (Wildman–Crippen LogP) is 2.54. The van der Waals surface area contributed by atoms with E-state index in [9.17, 15) is 0 Å². The summed E-state index contributed by atoms with van der Waals surface area (Å²) >= 11 is 2.08. The van der Waals surface area contributed by atoms with Gasteiger partial charge in [0, 0.05) is 41.9 Å². The van der Waals surface area contributed by atoms with Gasteiger partial charge in [0.2, 0.25) is 0 Å². The van der Waals surface area contributed by atoms with Crippen molar-refractivity contribution in [3.63, 3.8) is 0 Å². The second kappa shape index (κ2) is 6.57. The van der Waals surface area contributed by atoms with Crippen LogP contribution in [0.4, 0.5) is 5.82 Å². The zero-order valence-corrected chi connectivity index (χ0v) is 13.1. The van der Waals surface area contributed by atoms with Gasteiger partial charge in [-0.3, -0.25) is 4.90 Å². The van der Waals surface area contributed by atoms with Crippen molar-refractivity contribution in [2.75, 3.05) is 25.0 Å². The monoisotopic (exact) mass is 280 g/mol. The highest BCUT2D eigenvalue weighted by Gasteiger charge is 2.22. The van der Waals surface area contributed by atoms with Crippen molar-refractivity contribution in [2.45, 2.75) is 44.7 Å². The lowest BCUT2D eigenvalue weighted by Gasteiger charge is -2.34. The maximum atomic E-state index is 4.60. The Hall–Kier alpha value is -0.810. The summed E-state index contributed by atoms with van der Waals surface area (Å²) in [7, 11) is 0. The largest absolute Gasteiger partial charge is 0.370 e. The lowest BCUT2D eigenvalue weighted by atomic mass is 10.3. The van der Waals surface area contributed by atoms with Crippen LogP contribution in [0.1, 0.15) is 32.3 Å². The normalized spacial score (nSPS) is 24.4. The minimum Gasteiger partial charge on any atom is -0.370 e. The van der Waals surface area contributed by atoms with Gasteiger partial charge in [0.05, 0.1) is 6.54 Å². The molecule has 1 aliphatic heterocycles. The summed E-state index contributed by atoms with van der Waals surface area (Å²) in [5.74, 6) is 1.87. The van der Waals surface area contributed by atoms with Crippen LogP contribution >= 0.6 is 11.8 Å². The van der Waals surface area contributed by atoms with E-state index in [4.69, 9.17) is 0 Å². The number of rotatable bonds is 4. The maximum absolute atomic E-state index is 4.60. The molecular weight excluding hydrogens is 256 g/mol. The molecule has 2 heterocycles. The highest BCUT2D eigenvalue weighted by atomic mass is 32.2. The smallest absolute Gasteiger partial charge is 0.144 e. The van der Waals surface area contributed by atoms with Crippen molar-refractivity contribution >= 4 is 17.6 Å². The van der Waals surface area contributed by atoms with Crippen LogP contribution in [0.25, 0.3) is 0 Å². The molecule has 1 fully saturated rings. The number of thioether (sulfide) groups is 1. The first-order valence-corrected chi connectivity index (χ1v) is 7.97. The van der Waals surface area contributed by atoms with Gasteiger partial charge in [0.25, 0.3) is 0 Å². The van der Waals surface area contributed by atoms with Crippen LogP contribution in [0, 0.1) is 6.92 Å². The lowest BCUT2D eigenvalue weighted by Crippen LogP contribution is -2.40. The summed E-state index contributed by atoms with van der Waals surface area (Å²) in [6, 6.07) is 2.00. The van der Waals surface area contributed by atoms with E-state index in [-0.39, 0.29) is 0 Å². The Bertz CT molecular complexity index is 414. The molecule has 1 aromatic heterocycles. The summed E-state index contributed by atoms with van der Waals surface area (Å²) in [5.41, 5.74) is 1.04. The molecule has 4 nitrogen and oxygen atoms in total. The van der Waals surface area contributed by atoms with Crippen LogP contribution in [0.15, 0.2) is 6.07 Å². The van der Waals surface area contributed by atoms with Gasteiger partial charge in [-0.25, -0.2) is 9.97 Å². The van der Waals surface area contributed by atoms with Gasteiger partial charge in [-0.2, -0.15) is 11.8 Å². The zero-order chi connectivity index (χ0) is 13.8. The van der Waals surface area contributed by atoms with Gasteiger partial charge in [0.15, 0.2) is 0 Å². The molecule has 5 heteroatoms. The minimum atomic E-state index is 0.696. The molecule has 1 aromatic rings. The van der Waals surface area contributed by atoms with E-state index in [0.717, 1.165) is 43.5 Å². The molecule has 2 rings (SSSR count). The van der Waals surface area contributed by atoms with Gasteiger partial charge < -0.3 is 5.32 Å². The van der Waals surface area contributed by atoms with Crippen LogP contribution in [-0.2, 0) is 6.54 Å². The molecule has 0 aliphatic carbocycles. The topological polar surface area (TPSA) is 41.1 Å². The van der Waals surface area contributed by atoms with E-state index < -0.39 is 0 Å². The summed E-state index contributed by atoms with van der Waals surface area (Å²) in [6.07, 6.45) is 0. The van der Waals surface area contributed by atoms with Crippen LogP contribution in [0.3, 0.4) is 0 Å². The summed E-state index contributed by atoms with van der Waals surface area (Å²) in [6.45, 7) is 12.7. The summed E-state index contributed by atoms with van der Waals surface area (Å²) in [4.78, 5) is 11.6. The van der Waals surface area contributed by atoms with Crippen molar-refractivity contribution in [3.8, 4) is 0 Å². The molecule has 0 aromatic carbocycles. The summed E-state index contributed by atoms with van der Waals surface area (Å²) < 4.78 is 0. The lowest BCUT2D eigenvalue weighted by molar-refractivity contribution is 0.256. The fourth-order valence-electron chi connectivity index (χ4n) is 2.59. The Balaban J connectivity index is 2.05. The molecule has 0 bridgehead atoms. The molecule has 1 N–H and O–H groups in total. The van der Waals surface area contributed by atoms with Crippen molar-refractivity contribution in [1.82, 2.24) is 14.9 Å². The van der Waals surface area contributed by atoms with Gasteiger partial charge in [0.1, 0.15) is 11.6 Å². The van der Waals surface area contributed by atoms with E-state index >= 15 is 0 Å². The average Bonchev–Trinajstić information content (AvgIpc) is 2.26. The zero-order valence-electron chi connectivity index (χ0n) is 12.3. The molecular formula is C14H24N4S. The van der Waals surface area contributed by atoms with Gasteiger partial charge in [-0.05, 0) is 13.8 Å². The van der Waals surface area contributed by atoms with Gasteiger partial charge >= 0.3 is 0 Å². The van der Waals surface area contributed by atoms with Crippen molar-refractivity contribution in [3.05, 3.63) is 17.6 Å². The third-order valence-electron chi connectivity index (χ3n) is 3.12. The molecule has 0 saturated carbocycles. The van der Waals surface area contributed by atoms with Crippen LogP contribution in [0.2, 0.25) is 0 Å². The molecule has 19 heavy (non-hydrogen) atoms. The Kier molecular flexibility index (Phi) is 5.05. The summed E-state index contributed by atoms with van der Waals surface area (Å²) in [5, 5.41) is 4.66. The molecule has 0 radical (unpaired) electrons. The minimum absolute atomic E-state index is 0.696. The van der Waals surface area contributed by atoms with Crippen LogP contribution in [0.5, 0.6) is 0 Å². The highest BCUT2D eigenvalue weighted by Crippen LogP contribution is 2.25. The number of nitrogens with zero attached hydrogens (tertiary/aromatic N) is 3. The maximum Gasteiger partial charge on any atom is 0.144 e. The van der Waals surface area contributed by atoms with E-state index in [1.165, 1.54) is 0 Å². The fourth-order valence-corrected chi connectivity index (χ4v) is 3.97. The average molecular weight is 280 g/mol. The highest BCUT2D eigenvalue weighted by molar-refractivity contribution is 8.00. The van der Waals surface area contributed by atoms with Crippen molar-refractivity contribution < 1.29 is 0 Å². The first-order chi connectivity index (χ1) is 9.06. The Morgan fingerprint density at radius 1 is 1.32 bits per heavy atom. The molecule has 1 aliphatic rings. The van der Waals surface area contributed by atoms with E-state index in [1.54, 1.807) is 0 Å². The van der Waals surface area contributed by atoms with Gasteiger partial charge in [-0.15, -0.1) is 0 Å². The molecule has 0 spiro atoms. The van der Waals surface area contributed by atoms with Crippen LogP contribution in [-0.4, -0.2) is 45.0 Å². The number of nitrogens with one attached hydrogen (secondary N) is 1. The van der Waals surface area contributed by atoms with E-state index in [2.05, 4.69) is 52.7 Å². The SMILES string of the molecule is CCNc1cc(C)nc(CN2CC(C)SC(C)C2)n1. The van der Waals surface area contributed by atoms with Crippen molar-refractivity contribution in [1.29, 1.82) is 0 Å². The molecule has 106 valence electrons. The Morgan fingerprint density at radius 3 is 2.63 bits per heavy atom. The number of aryl methyl sites for hydroxylation is 1.